The molecule has 1 saturated carbocycles. The summed E-state index contributed by atoms with van der Waals surface area (Å²) >= 11 is 0. The summed E-state index contributed by atoms with van der Waals surface area (Å²) in [6.07, 6.45) is 9.36. The van der Waals surface area contributed by atoms with Crippen LogP contribution in [0.5, 0.6) is 0 Å². The number of benzene rings is 1. The van der Waals surface area contributed by atoms with Crippen LogP contribution in [-0.2, 0) is 5.41 Å². The molecule has 94 valence electrons. The molecule has 1 heterocycles. The highest BCUT2D eigenvalue weighted by Gasteiger charge is 2.33. The summed E-state index contributed by atoms with van der Waals surface area (Å²) in [5, 5.41) is 0. The summed E-state index contributed by atoms with van der Waals surface area (Å²) in [5.74, 6) is 1.17. The third-order valence-electron chi connectivity index (χ3n) is 4.15. The van der Waals surface area contributed by atoms with Gasteiger partial charge in [-0.3, -0.25) is 0 Å². The van der Waals surface area contributed by atoms with Crippen molar-refractivity contribution in [1.29, 1.82) is 0 Å². The number of nitrogens with one attached hydrogen (secondary N) is 1. The molecule has 0 bridgehead atoms. The Bertz CT molecular complexity index is 586. The monoisotopic (exact) mass is 240 g/mol. The maximum Gasteiger partial charge on any atom is 0.113 e. The molecule has 0 atom stereocenters. The van der Waals surface area contributed by atoms with E-state index in [0.29, 0.717) is 0 Å². The van der Waals surface area contributed by atoms with Gasteiger partial charge in [0.2, 0.25) is 0 Å². The summed E-state index contributed by atoms with van der Waals surface area (Å²) in [7, 11) is 0. The fourth-order valence-electron chi connectivity index (χ4n) is 3.00. The molecule has 1 N–H and O–H groups in total. The molecule has 0 aliphatic heterocycles. The van der Waals surface area contributed by atoms with E-state index in [9.17, 15) is 0 Å². The lowest BCUT2D eigenvalue weighted by atomic mass is 9.88. The van der Waals surface area contributed by atoms with Gasteiger partial charge >= 0.3 is 0 Å². The third kappa shape index (κ3) is 1.86. The minimum Gasteiger partial charge on any atom is -0.342 e. The Morgan fingerprint density at radius 3 is 2.78 bits per heavy atom. The first-order valence-electron chi connectivity index (χ1n) is 6.84. The lowest BCUT2D eigenvalue weighted by Gasteiger charge is -2.19. The van der Waals surface area contributed by atoms with Crippen molar-refractivity contribution in [2.24, 2.45) is 0 Å². The van der Waals surface area contributed by atoms with E-state index in [1.165, 1.54) is 37.1 Å². The van der Waals surface area contributed by atoms with Crippen LogP contribution < -0.4 is 0 Å². The highest BCUT2D eigenvalue weighted by atomic mass is 14.9. The van der Waals surface area contributed by atoms with Gasteiger partial charge in [-0.05, 0) is 37.5 Å². The molecule has 2 heteroatoms. The Kier molecular flexibility index (Phi) is 2.73. The van der Waals surface area contributed by atoms with Crippen molar-refractivity contribution in [3.05, 3.63) is 35.7 Å². The minimum atomic E-state index is 0.264. The number of fused-ring (bicyclic) bond motifs is 1. The number of aromatic nitrogens is 2. The van der Waals surface area contributed by atoms with Crippen LogP contribution in [0, 0.1) is 0 Å². The maximum atomic E-state index is 4.82. The zero-order valence-corrected chi connectivity index (χ0v) is 11.2. The van der Waals surface area contributed by atoms with Crippen LogP contribution in [0.1, 0.15) is 50.9 Å². The number of allylic oxidation sites excluding steroid dienone is 1. The first-order chi connectivity index (χ1) is 8.71. The quantitative estimate of drug-likeness (QED) is 0.826. The van der Waals surface area contributed by atoms with E-state index in [-0.39, 0.29) is 5.41 Å². The van der Waals surface area contributed by atoms with Crippen LogP contribution in [0.25, 0.3) is 17.1 Å². The summed E-state index contributed by atoms with van der Waals surface area (Å²) in [6.45, 7) is 4.38. The Balaban J connectivity index is 2.05. The first-order valence-corrected chi connectivity index (χ1v) is 6.84. The van der Waals surface area contributed by atoms with E-state index in [1.807, 2.05) is 6.92 Å². The Hall–Kier alpha value is -1.57. The molecule has 2 nitrogen and oxygen atoms in total. The molecule has 1 aliphatic rings. The molecule has 1 aromatic carbocycles. The van der Waals surface area contributed by atoms with Gasteiger partial charge in [0.25, 0.3) is 0 Å². The molecule has 0 saturated heterocycles. The normalized spacial score (nSPS) is 19.0. The fraction of sp³-hybridized carbons (Fsp3) is 0.438. The van der Waals surface area contributed by atoms with Crippen LogP contribution in [0.4, 0.5) is 0 Å². The topological polar surface area (TPSA) is 28.7 Å². The molecular weight excluding hydrogens is 220 g/mol. The number of H-pyrrole nitrogens is 1. The van der Waals surface area contributed by atoms with Crippen molar-refractivity contribution in [3.63, 3.8) is 0 Å². The zero-order chi connectivity index (χ0) is 12.6. The zero-order valence-electron chi connectivity index (χ0n) is 11.2. The molecule has 1 aromatic heterocycles. The van der Waals surface area contributed by atoms with Crippen molar-refractivity contribution >= 4 is 17.1 Å². The predicted molar refractivity (Wildman–Crippen MR) is 76.6 cm³/mol. The summed E-state index contributed by atoms with van der Waals surface area (Å²) < 4.78 is 0. The van der Waals surface area contributed by atoms with Crippen LogP contribution in [-0.4, -0.2) is 9.97 Å². The van der Waals surface area contributed by atoms with E-state index >= 15 is 0 Å². The van der Waals surface area contributed by atoms with Crippen molar-refractivity contribution in [1.82, 2.24) is 9.97 Å². The molecule has 2 aromatic rings. The molecular formula is C16H20N2. The Labute approximate surface area is 108 Å². The number of aromatic amines is 1. The second-order valence-corrected chi connectivity index (χ2v) is 5.63. The highest BCUT2D eigenvalue weighted by molar-refractivity contribution is 5.78. The van der Waals surface area contributed by atoms with Gasteiger partial charge in [-0.1, -0.05) is 38.0 Å². The number of hydrogen-bond acceptors (Lipinski definition) is 1. The average molecular weight is 240 g/mol. The van der Waals surface area contributed by atoms with Gasteiger partial charge in [0.05, 0.1) is 11.0 Å². The Morgan fingerprint density at radius 2 is 2.06 bits per heavy atom. The molecule has 0 unspecified atom stereocenters. The number of nitrogens with zero attached hydrogens (tertiary/aromatic N) is 1. The third-order valence-corrected chi connectivity index (χ3v) is 4.15. The van der Waals surface area contributed by atoms with Crippen LogP contribution in [0.3, 0.4) is 0 Å². The van der Waals surface area contributed by atoms with E-state index in [4.69, 9.17) is 4.98 Å². The fourth-order valence-corrected chi connectivity index (χ4v) is 3.00. The van der Waals surface area contributed by atoms with E-state index < -0.39 is 0 Å². The van der Waals surface area contributed by atoms with E-state index in [1.54, 1.807) is 0 Å². The smallest absolute Gasteiger partial charge is 0.113 e. The summed E-state index contributed by atoms with van der Waals surface area (Å²) in [5.41, 5.74) is 3.74. The molecule has 18 heavy (non-hydrogen) atoms. The minimum absolute atomic E-state index is 0.264. The van der Waals surface area contributed by atoms with Crippen LogP contribution >= 0.6 is 0 Å². The first kappa shape index (κ1) is 11.5. The molecule has 0 amide bonds. The van der Waals surface area contributed by atoms with Gasteiger partial charge in [-0.2, -0.15) is 0 Å². The van der Waals surface area contributed by atoms with Gasteiger partial charge in [-0.25, -0.2) is 4.98 Å². The van der Waals surface area contributed by atoms with Crippen LogP contribution in [0.15, 0.2) is 24.3 Å². The highest BCUT2D eigenvalue weighted by Crippen LogP contribution is 2.39. The van der Waals surface area contributed by atoms with E-state index in [2.05, 4.69) is 42.3 Å². The van der Waals surface area contributed by atoms with Crippen molar-refractivity contribution < 1.29 is 0 Å². The van der Waals surface area contributed by atoms with Gasteiger partial charge in [0.15, 0.2) is 0 Å². The SMILES string of the molecule is C/C=C/c1ccc2[nH]c(C3(C)CCCC3)nc2c1. The van der Waals surface area contributed by atoms with Crippen molar-refractivity contribution in [2.45, 2.75) is 44.9 Å². The van der Waals surface area contributed by atoms with E-state index in [0.717, 1.165) is 11.0 Å². The molecule has 0 radical (unpaired) electrons. The average Bonchev–Trinajstić information content (AvgIpc) is 2.96. The Morgan fingerprint density at radius 1 is 1.28 bits per heavy atom. The van der Waals surface area contributed by atoms with Gasteiger partial charge < -0.3 is 4.98 Å². The molecule has 3 rings (SSSR count). The lowest BCUT2D eigenvalue weighted by Crippen LogP contribution is -2.18. The predicted octanol–water partition coefficient (Wildman–Crippen LogP) is 4.43. The second kappa shape index (κ2) is 4.27. The summed E-state index contributed by atoms with van der Waals surface area (Å²) in [4.78, 5) is 8.33. The largest absolute Gasteiger partial charge is 0.342 e. The van der Waals surface area contributed by atoms with Gasteiger partial charge in [0, 0.05) is 5.41 Å². The van der Waals surface area contributed by atoms with Gasteiger partial charge in [0.1, 0.15) is 5.82 Å². The van der Waals surface area contributed by atoms with Crippen LogP contribution in [0.2, 0.25) is 0 Å². The van der Waals surface area contributed by atoms with Crippen molar-refractivity contribution in [2.75, 3.05) is 0 Å². The summed E-state index contributed by atoms with van der Waals surface area (Å²) in [6, 6.07) is 6.44. The second-order valence-electron chi connectivity index (χ2n) is 5.63. The number of imidazole rings is 1. The number of hydrogen-bond donors (Lipinski definition) is 1. The van der Waals surface area contributed by atoms with Gasteiger partial charge in [-0.15, -0.1) is 0 Å². The standard InChI is InChI=1S/C16H20N2/c1-3-6-12-7-8-13-14(11-12)18-15(17-13)16(2)9-4-5-10-16/h3,6-8,11H,4-5,9-10H2,1-2H3,(H,17,18)/b6-3+. The molecule has 1 aliphatic carbocycles. The number of rotatable bonds is 2. The molecule has 1 fully saturated rings. The van der Waals surface area contributed by atoms with Crippen molar-refractivity contribution in [3.8, 4) is 0 Å². The maximum absolute atomic E-state index is 4.82. The molecule has 0 spiro atoms. The lowest BCUT2D eigenvalue weighted by molar-refractivity contribution is 0.465.